The number of rotatable bonds is 9. The number of non-ortho nitro benzene ring substituents is 1. The molecule has 168 valence electrons. The standard InChI is InChI=1S/C23H20N4O5S/c28-20(25-23-24-19(14-33-23)15-9-11-16(12-10-15)27(31)32)8-2-1-5-13-26-21(29)17-6-3-4-7-18(17)22(26)30/h3-4,6-7,9-12,14H,1-2,5,8,13H2,(H,24,25,28). The Morgan fingerprint density at radius 3 is 2.30 bits per heavy atom. The number of imide groups is 1. The second kappa shape index (κ2) is 9.70. The summed E-state index contributed by atoms with van der Waals surface area (Å²) in [4.78, 5) is 52.8. The van der Waals surface area contributed by atoms with Crippen molar-refractivity contribution in [2.45, 2.75) is 25.7 Å². The summed E-state index contributed by atoms with van der Waals surface area (Å²) in [5.74, 6) is -0.692. The topological polar surface area (TPSA) is 123 Å². The molecule has 9 nitrogen and oxygen atoms in total. The number of benzene rings is 2. The van der Waals surface area contributed by atoms with Crippen molar-refractivity contribution in [2.75, 3.05) is 11.9 Å². The van der Waals surface area contributed by atoms with Crippen molar-refractivity contribution in [1.29, 1.82) is 0 Å². The lowest BCUT2D eigenvalue weighted by molar-refractivity contribution is -0.384. The predicted octanol–water partition coefficient (Wildman–Crippen LogP) is 4.51. The second-order valence-electron chi connectivity index (χ2n) is 7.51. The van der Waals surface area contributed by atoms with E-state index in [0.717, 1.165) is 5.56 Å². The lowest BCUT2D eigenvalue weighted by Gasteiger charge is -2.13. The molecule has 0 radical (unpaired) electrons. The molecule has 0 bridgehead atoms. The first-order chi connectivity index (χ1) is 15.9. The summed E-state index contributed by atoms with van der Waals surface area (Å²) in [5.41, 5.74) is 2.25. The first-order valence-corrected chi connectivity index (χ1v) is 11.3. The van der Waals surface area contributed by atoms with Crippen molar-refractivity contribution >= 4 is 39.9 Å². The van der Waals surface area contributed by atoms with Gasteiger partial charge in [-0.15, -0.1) is 11.3 Å². The van der Waals surface area contributed by atoms with E-state index in [2.05, 4.69) is 10.3 Å². The number of anilines is 1. The molecule has 0 aliphatic carbocycles. The van der Waals surface area contributed by atoms with E-state index >= 15 is 0 Å². The van der Waals surface area contributed by atoms with Crippen molar-refractivity contribution in [3.63, 3.8) is 0 Å². The normalized spacial score (nSPS) is 12.7. The number of hydrogen-bond acceptors (Lipinski definition) is 7. The first-order valence-electron chi connectivity index (χ1n) is 10.4. The number of hydrogen-bond donors (Lipinski definition) is 1. The Bertz CT molecular complexity index is 1190. The van der Waals surface area contributed by atoms with E-state index in [0.29, 0.717) is 54.2 Å². The highest BCUT2D eigenvalue weighted by molar-refractivity contribution is 7.14. The van der Waals surface area contributed by atoms with Crippen LogP contribution in [0.4, 0.5) is 10.8 Å². The number of nitrogens with one attached hydrogen (secondary N) is 1. The fourth-order valence-corrected chi connectivity index (χ4v) is 4.31. The van der Waals surface area contributed by atoms with Crippen LogP contribution in [0.5, 0.6) is 0 Å². The van der Waals surface area contributed by atoms with Crippen LogP contribution in [-0.2, 0) is 4.79 Å². The minimum absolute atomic E-state index is 0.00510. The number of aromatic nitrogens is 1. The van der Waals surface area contributed by atoms with Gasteiger partial charge in [0.1, 0.15) is 0 Å². The average molecular weight is 465 g/mol. The molecule has 3 amide bonds. The zero-order valence-corrected chi connectivity index (χ0v) is 18.3. The van der Waals surface area contributed by atoms with Crippen LogP contribution in [0.25, 0.3) is 11.3 Å². The molecular weight excluding hydrogens is 444 g/mol. The van der Waals surface area contributed by atoms with E-state index in [-0.39, 0.29) is 23.4 Å². The smallest absolute Gasteiger partial charge is 0.269 e. The van der Waals surface area contributed by atoms with Crippen molar-refractivity contribution < 1.29 is 19.3 Å². The predicted molar refractivity (Wildman–Crippen MR) is 123 cm³/mol. The molecule has 0 fully saturated rings. The van der Waals surface area contributed by atoms with Gasteiger partial charge >= 0.3 is 0 Å². The van der Waals surface area contributed by atoms with E-state index in [4.69, 9.17) is 0 Å². The van der Waals surface area contributed by atoms with Gasteiger partial charge in [0.05, 0.1) is 21.7 Å². The number of carbonyl (C=O) groups is 3. The molecule has 0 saturated carbocycles. The zero-order valence-electron chi connectivity index (χ0n) is 17.5. The third kappa shape index (κ3) is 4.96. The molecule has 1 aliphatic rings. The molecule has 0 atom stereocenters. The van der Waals surface area contributed by atoms with Crippen LogP contribution in [-0.4, -0.2) is 39.1 Å². The SMILES string of the molecule is O=C(CCCCCN1C(=O)c2ccccc2C1=O)Nc1nc(-c2ccc([N+](=O)[O-])cc2)cs1. The summed E-state index contributed by atoms with van der Waals surface area (Å²) in [6, 6.07) is 12.9. The van der Waals surface area contributed by atoms with Crippen molar-refractivity contribution in [2.24, 2.45) is 0 Å². The molecule has 2 aromatic carbocycles. The minimum Gasteiger partial charge on any atom is -0.302 e. The maximum absolute atomic E-state index is 12.3. The van der Waals surface area contributed by atoms with Gasteiger partial charge in [-0.1, -0.05) is 18.6 Å². The maximum atomic E-state index is 12.3. The fraction of sp³-hybridized carbons (Fsp3) is 0.217. The van der Waals surface area contributed by atoms with Gasteiger partial charge in [-0.05, 0) is 37.1 Å². The Labute approximate surface area is 193 Å². The average Bonchev–Trinajstić information content (AvgIpc) is 3.37. The largest absolute Gasteiger partial charge is 0.302 e. The maximum Gasteiger partial charge on any atom is 0.269 e. The van der Waals surface area contributed by atoms with Crippen LogP contribution in [0.1, 0.15) is 46.4 Å². The third-order valence-electron chi connectivity index (χ3n) is 5.29. The number of nitro benzene ring substituents is 1. The summed E-state index contributed by atoms with van der Waals surface area (Å²) in [7, 11) is 0. The Morgan fingerprint density at radius 2 is 1.67 bits per heavy atom. The van der Waals surface area contributed by atoms with Crippen LogP contribution < -0.4 is 5.32 Å². The molecule has 4 rings (SSSR count). The number of amides is 3. The van der Waals surface area contributed by atoms with Crippen molar-refractivity contribution in [3.8, 4) is 11.3 Å². The lowest BCUT2D eigenvalue weighted by Crippen LogP contribution is -2.30. The van der Waals surface area contributed by atoms with Gasteiger partial charge < -0.3 is 5.32 Å². The number of thiazole rings is 1. The molecule has 0 saturated heterocycles. The van der Waals surface area contributed by atoms with Crippen LogP contribution in [0.3, 0.4) is 0 Å². The van der Waals surface area contributed by atoms with Crippen LogP contribution in [0.2, 0.25) is 0 Å². The van der Waals surface area contributed by atoms with Crippen LogP contribution in [0, 0.1) is 10.1 Å². The number of fused-ring (bicyclic) bond motifs is 1. The molecule has 0 spiro atoms. The Hall–Kier alpha value is -3.92. The monoisotopic (exact) mass is 464 g/mol. The van der Waals surface area contributed by atoms with Gasteiger partial charge in [-0.25, -0.2) is 4.98 Å². The lowest BCUT2D eigenvalue weighted by atomic mass is 10.1. The van der Waals surface area contributed by atoms with Gasteiger partial charge in [0, 0.05) is 36.0 Å². The first kappa shape index (κ1) is 22.3. The van der Waals surface area contributed by atoms with Gasteiger partial charge in [0.15, 0.2) is 5.13 Å². The van der Waals surface area contributed by atoms with Crippen LogP contribution in [0.15, 0.2) is 53.9 Å². The zero-order chi connectivity index (χ0) is 23.4. The van der Waals surface area contributed by atoms with E-state index in [1.165, 1.54) is 28.4 Å². The molecule has 10 heteroatoms. The van der Waals surface area contributed by atoms with Gasteiger partial charge in [-0.2, -0.15) is 0 Å². The minimum atomic E-state index is -0.462. The molecule has 1 aromatic heterocycles. The number of nitrogens with zero attached hydrogens (tertiary/aromatic N) is 3. The van der Waals surface area contributed by atoms with E-state index in [9.17, 15) is 24.5 Å². The summed E-state index contributed by atoms with van der Waals surface area (Å²) in [6.45, 7) is 0.332. The van der Waals surface area contributed by atoms with Crippen molar-refractivity contribution in [1.82, 2.24) is 9.88 Å². The Morgan fingerprint density at radius 1 is 1.00 bits per heavy atom. The quantitative estimate of drug-likeness (QED) is 0.215. The molecule has 3 aromatic rings. The molecule has 1 N–H and O–H groups in total. The molecule has 0 unspecified atom stereocenters. The van der Waals surface area contributed by atoms with E-state index in [1.54, 1.807) is 41.8 Å². The van der Waals surface area contributed by atoms with E-state index in [1.807, 2.05) is 0 Å². The molecule has 33 heavy (non-hydrogen) atoms. The number of unbranched alkanes of at least 4 members (excludes halogenated alkanes) is 2. The summed E-state index contributed by atoms with van der Waals surface area (Å²) >= 11 is 1.28. The van der Waals surface area contributed by atoms with E-state index < -0.39 is 4.92 Å². The molecule has 1 aliphatic heterocycles. The van der Waals surface area contributed by atoms with Gasteiger partial charge in [-0.3, -0.25) is 29.4 Å². The highest BCUT2D eigenvalue weighted by Gasteiger charge is 2.34. The highest BCUT2D eigenvalue weighted by atomic mass is 32.1. The van der Waals surface area contributed by atoms with Crippen LogP contribution >= 0.6 is 11.3 Å². The number of nitro groups is 1. The Balaban J connectivity index is 1.20. The number of carbonyl (C=O) groups excluding carboxylic acids is 3. The molecular formula is C23H20N4O5S. The van der Waals surface area contributed by atoms with Crippen molar-refractivity contribution in [3.05, 3.63) is 75.2 Å². The molecule has 2 heterocycles. The van der Waals surface area contributed by atoms with Gasteiger partial charge in [0.25, 0.3) is 17.5 Å². The fourth-order valence-electron chi connectivity index (χ4n) is 3.57. The Kier molecular flexibility index (Phi) is 6.55. The third-order valence-corrected chi connectivity index (χ3v) is 6.05. The highest BCUT2D eigenvalue weighted by Crippen LogP contribution is 2.27. The summed E-state index contributed by atoms with van der Waals surface area (Å²) in [6.07, 6.45) is 2.25. The summed E-state index contributed by atoms with van der Waals surface area (Å²) < 4.78 is 0. The second-order valence-corrected chi connectivity index (χ2v) is 8.37. The summed E-state index contributed by atoms with van der Waals surface area (Å²) in [5, 5.41) is 15.8. The van der Waals surface area contributed by atoms with Gasteiger partial charge in [0.2, 0.25) is 5.91 Å².